The van der Waals surface area contributed by atoms with E-state index >= 15 is 0 Å². The van der Waals surface area contributed by atoms with E-state index in [9.17, 15) is 14.4 Å². The first-order valence-electron chi connectivity index (χ1n) is 3.58. The van der Waals surface area contributed by atoms with Gasteiger partial charge in [-0.15, -0.1) is 0 Å². The van der Waals surface area contributed by atoms with E-state index in [2.05, 4.69) is 0 Å². The molecule has 1 aliphatic heterocycles. The van der Waals surface area contributed by atoms with Crippen molar-refractivity contribution >= 4 is 17.8 Å². The molecule has 1 unspecified atom stereocenters. The van der Waals surface area contributed by atoms with Gasteiger partial charge in [-0.05, 0) is 0 Å². The minimum Gasteiger partial charge on any atom is -0.465 e. The lowest BCUT2D eigenvalue weighted by molar-refractivity contribution is -0.140. The molecule has 66 valence electrons. The van der Waals surface area contributed by atoms with E-state index in [0.29, 0.717) is 4.90 Å². The second-order valence-electron chi connectivity index (χ2n) is 2.83. The molecular weight excluding hydrogens is 162 g/mol. The standard InChI is InChI=1S/C7H9NO4/c1-4-3-8(7(11)12)6(10)2-5(4)9/h4H,2-3H2,1H3,(H,11,12). The number of Topliss-reactive ketones (excluding diaryl/α,β-unsaturated/α-hetero) is 1. The van der Waals surface area contributed by atoms with Crippen LogP contribution < -0.4 is 0 Å². The number of hydrogen-bond donors (Lipinski definition) is 1. The van der Waals surface area contributed by atoms with Gasteiger partial charge >= 0.3 is 6.09 Å². The smallest absolute Gasteiger partial charge is 0.414 e. The van der Waals surface area contributed by atoms with Crippen LogP contribution in [0.5, 0.6) is 0 Å². The molecule has 5 nitrogen and oxygen atoms in total. The lowest BCUT2D eigenvalue weighted by Crippen LogP contribution is -2.46. The summed E-state index contributed by atoms with van der Waals surface area (Å²) in [7, 11) is 0. The Labute approximate surface area is 69.0 Å². The molecule has 1 N–H and O–H groups in total. The zero-order valence-electron chi connectivity index (χ0n) is 6.61. The number of hydrogen-bond acceptors (Lipinski definition) is 3. The molecular formula is C7H9NO4. The van der Waals surface area contributed by atoms with E-state index < -0.39 is 12.0 Å². The zero-order valence-corrected chi connectivity index (χ0v) is 6.61. The van der Waals surface area contributed by atoms with Crippen molar-refractivity contribution in [3.8, 4) is 0 Å². The monoisotopic (exact) mass is 171 g/mol. The quantitative estimate of drug-likeness (QED) is 0.524. The number of carbonyl (C=O) groups is 3. The number of rotatable bonds is 0. The second kappa shape index (κ2) is 2.92. The van der Waals surface area contributed by atoms with Crippen molar-refractivity contribution in [1.29, 1.82) is 0 Å². The second-order valence-corrected chi connectivity index (χ2v) is 2.83. The van der Waals surface area contributed by atoms with Crippen LogP contribution in [0.4, 0.5) is 4.79 Å². The van der Waals surface area contributed by atoms with Gasteiger partial charge in [0, 0.05) is 12.5 Å². The molecule has 1 heterocycles. The molecule has 0 aromatic carbocycles. The maximum atomic E-state index is 10.9. The van der Waals surface area contributed by atoms with Crippen molar-refractivity contribution in [3.63, 3.8) is 0 Å². The first kappa shape index (κ1) is 8.70. The van der Waals surface area contributed by atoms with Crippen molar-refractivity contribution in [2.24, 2.45) is 5.92 Å². The third kappa shape index (κ3) is 1.44. The summed E-state index contributed by atoms with van der Waals surface area (Å²) in [4.78, 5) is 32.9. The maximum absolute atomic E-state index is 10.9. The van der Waals surface area contributed by atoms with Gasteiger partial charge in [-0.1, -0.05) is 6.92 Å². The molecule has 1 fully saturated rings. The fourth-order valence-corrected chi connectivity index (χ4v) is 1.08. The topological polar surface area (TPSA) is 74.7 Å². The summed E-state index contributed by atoms with van der Waals surface area (Å²) >= 11 is 0. The minimum absolute atomic E-state index is 0.00694. The van der Waals surface area contributed by atoms with E-state index in [1.807, 2.05) is 0 Å². The first-order chi connectivity index (χ1) is 5.52. The van der Waals surface area contributed by atoms with Gasteiger partial charge in [0.25, 0.3) is 0 Å². The van der Waals surface area contributed by atoms with Gasteiger partial charge in [-0.25, -0.2) is 9.69 Å². The Balaban J connectivity index is 2.74. The fraction of sp³-hybridized carbons (Fsp3) is 0.571. The van der Waals surface area contributed by atoms with Gasteiger partial charge < -0.3 is 5.11 Å². The van der Waals surface area contributed by atoms with Gasteiger partial charge in [-0.2, -0.15) is 0 Å². The van der Waals surface area contributed by atoms with Gasteiger partial charge in [0.2, 0.25) is 5.91 Å². The van der Waals surface area contributed by atoms with Crippen LogP contribution in [0.1, 0.15) is 13.3 Å². The van der Waals surface area contributed by atoms with Crippen LogP contribution in [0.3, 0.4) is 0 Å². The summed E-state index contributed by atoms with van der Waals surface area (Å²) in [6, 6.07) is 0. The molecule has 0 saturated carbocycles. The van der Waals surface area contributed by atoms with Crippen LogP contribution in [0, 0.1) is 5.92 Å². The zero-order chi connectivity index (χ0) is 9.30. The van der Waals surface area contributed by atoms with Crippen LogP contribution in [0.2, 0.25) is 0 Å². The Morgan fingerprint density at radius 3 is 2.67 bits per heavy atom. The normalized spacial score (nSPS) is 24.4. The van der Waals surface area contributed by atoms with Crippen molar-refractivity contribution in [3.05, 3.63) is 0 Å². The SMILES string of the molecule is CC1CN(C(=O)O)C(=O)CC1=O. The Morgan fingerprint density at radius 1 is 1.58 bits per heavy atom. The van der Waals surface area contributed by atoms with E-state index in [1.165, 1.54) is 0 Å². The number of likely N-dealkylation sites (tertiary alicyclic amines) is 1. The molecule has 1 saturated heterocycles. The lowest BCUT2D eigenvalue weighted by Gasteiger charge is -2.25. The molecule has 0 spiro atoms. The predicted molar refractivity (Wildman–Crippen MR) is 38.5 cm³/mol. The maximum Gasteiger partial charge on any atom is 0.414 e. The molecule has 2 amide bonds. The Bertz CT molecular complexity index is 248. The van der Waals surface area contributed by atoms with E-state index in [-0.39, 0.29) is 24.7 Å². The van der Waals surface area contributed by atoms with Crippen molar-refractivity contribution < 1.29 is 19.5 Å². The number of imide groups is 1. The summed E-state index contributed by atoms with van der Waals surface area (Å²) < 4.78 is 0. The molecule has 5 heteroatoms. The van der Waals surface area contributed by atoms with Crippen LogP contribution >= 0.6 is 0 Å². The Kier molecular flexibility index (Phi) is 2.12. The highest BCUT2D eigenvalue weighted by atomic mass is 16.4. The largest absolute Gasteiger partial charge is 0.465 e. The van der Waals surface area contributed by atoms with Crippen molar-refractivity contribution in [2.45, 2.75) is 13.3 Å². The van der Waals surface area contributed by atoms with Gasteiger partial charge in [0.05, 0.1) is 6.42 Å². The van der Waals surface area contributed by atoms with Crippen LogP contribution in [0.15, 0.2) is 0 Å². The lowest BCUT2D eigenvalue weighted by atomic mass is 9.98. The number of carboxylic acid groups (broad SMARTS) is 1. The molecule has 0 radical (unpaired) electrons. The number of amides is 2. The molecule has 0 aliphatic carbocycles. The number of ketones is 1. The molecule has 1 aliphatic rings. The number of nitrogens with zero attached hydrogens (tertiary/aromatic N) is 1. The third-order valence-corrected chi connectivity index (χ3v) is 1.86. The van der Waals surface area contributed by atoms with Crippen molar-refractivity contribution in [1.82, 2.24) is 4.90 Å². The molecule has 1 rings (SSSR count). The van der Waals surface area contributed by atoms with Crippen LogP contribution in [0.25, 0.3) is 0 Å². The average molecular weight is 171 g/mol. The summed E-state index contributed by atoms with van der Waals surface area (Å²) in [6.07, 6.45) is -1.56. The number of piperidine rings is 1. The molecule has 0 aromatic rings. The van der Waals surface area contributed by atoms with Gasteiger partial charge in [0.15, 0.2) is 0 Å². The van der Waals surface area contributed by atoms with Crippen LogP contribution in [-0.4, -0.2) is 34.3 Å². The molecule has 0 aromatic heterocycles. The highest BCUT2D eigenvalue weighted by Crippen LogP contribution is 2.13. The summed E-state index contributed by atoms with van der Waals surface area (Å²) in [5.74, 6) is -1.16. The van der Waals surface area contributed by atoms with Crippen molar-refractivity contribution in [2.75, 3.05) is 6.54 Å². The average Bonchev–Trinajstić information content (AvgIpc) is 1.96. The highest BCUT2D eigenvalue weighted by Gasteiger charge is 2.33. The fourth-order valence-electron chi connectivity index (χ4n) is 1.08. The highest BCUT2D eigenvalue weighted by molar-refractivity contribution is 6.06. The first-order valence-corrected chi connectivity index (χ1v) is 3.58. The summed E-state index contributed by atoms with van der Waals surface area (Å²) in [5, 5.41) is 8.51. The molecule has 12 heavy (non-hydrogen) atoms. The molecule has 1 atom stereocenters. The van der Waals surface area contributed by atoms with E-state index in [1.54, 1.807) is 6.92 Å². The Morgan fingerprint density at radius 2 is 2.17 bits per heavy atom. The summed E-state index contributed by atoms with van der Waals surface area (Å²) in [6.45, 7) is 1.61. The van der Waals surface area contributed by atoms with E-state index in [4.69, 9.17) is 5.11 Å². The van der Waals surface area contributed by atoms with Gasteiger partial charge in [0.1, 0.15) is 5.78 Å². The Hall–Kier alpha value is -1.39. The van der Waals surface area contributed by atoms with Crippen LogP contribution in [-0.2, 0) is 9.59 Å². The summed E-state index contributed by atoms with van der Waals surface area (Å²) in [5.41, 5.74) is 0. The number of carbonyl (C=O) groups excluding carboxylic acids is 2. The third-order valence-electron chi connectivity index (χ3n) is 1.86. The van der Waals surface area contributed by atoms with Gasteiger partial charge in [-0.3, -0.25) is 9.59 Å². The van der Waals surface area contributed by atoms with E-state index in [0.717, 1.165) is 0 Å². The predicted octanol–water partition coefficient (Wildman–Crippen LogP) is 0.102. The minimum atomic E-state index is -1.28. The molecule has 0 bridgehead atoms.